The Kier molecular flexibility index (Phi) is 5.43. The minimum Gasteiger partial charge on any atom is -0.476 e. The van der Waals surface area contributed by atoms with Gasteiger partial charge in [0.1, 0.15) is 6.54 Å². The van der Waals surface area contributed by atoms with Gasteiger partial charge in [0.2, 0.25) is 5.91 Å². The fourth-order valence-corrected chi connectivity index (χ4v) is 1.62. The van der Waals surface area contributed by atoms with Gasteiger partial charge in [0, 0.05) is 19.2 Å². The molecule has 1 aromatic heterocycles. The van der Waals surface area contributed by atoms with Gasteiger partial charge in [-0.3, -0.25) is 4.79 Å². The van der Waals surface area contributed by atoms with Crippen molar-refractivity contribution in [3.63, 3.8) is 0 Å². The topological polar surface area (TPSA) is 109 Å². The summed E-state index contributed by atoms with van der Waals surface area (Å²) in [5.74, 6) is -1.37. The van der Waals surface area contributed by atoms with Gasteiger partial charge in [-0.2, -0.15) is 0 Å². The van der Waals surface area contributed by atoms with Crippen molar-refractivity contribution < 1.29 is 19.8 Å². The van der Waals surface area contributed by atoms with Gasteiger partial charge in [-0.25, -0.2) is 9.48 Å². The number of nitrogens with zero attached hydrogens (tertiary/aromatic N) is 4. The molecule has 1 heterocycles. The van der Waals surface area contributed by atoms with E-state index < -0.39 is 5.97 Å². The van der Waals surface area contributed by atoms with Crippen molar-refractivity contribution in [1.82, 2.24) is 19.9 Å². The quantitative estimate of drug-likeness (QED) is 0.697. The number of hydrogen-bond acceptors (Lipinski definition) is 5. The first kappa shape index (κ1) is 15.1. The van der Waals surface area contributed by atoms with Crippen LogP contribution in [0.1, 0.15) is 30.8 Å². The molecule has 0 aliphatic heterocycles. The fraction of sp³-hybridized carbons (Fsp3) is 0.636. The molecule has 19 heavy (non-hydrogen) atoms. The summed E-state index contributed by atoms with van der Waals surface area (Å²) in [5, 5.41) is 24.5. The molecule has 0 atom stereocenters. The van der Waals surface area contributed by atoms with Crippen molar-refractivity contribution in [2.75, 3.05) is 13.2 Å². The Morgan fingerprint density at radius 3 is 2.63 bits per heavy atom. The van der Waals surface area contributed by atoms with E-state index in [0.29, 0.717) is 13.0 Å². The lowest BCUT2D eigenvalue weighted by Crippen LogP contribution is -2.40. The highest BCUT2D eigenvalue weighted by molar-refractivity contribution is 5.84. The average Bonchev–Trinajstić information content (AvgIpc) is 2.77. The van der Waals surface area contributed by atoms with E-state index in [0.717, 1.165) is 0 Å². The number of carbonyl (C=O) groups excluding carboxylic acids is 1. The number of carboxylic acids is 1. The second kappa shape index (κ2) is 6.83. The van der Waals surface area contributed by atoms with Gasteiger partial charge in [0.05, 0.1) is 6.20 Å². The van der Waals surface area contributed by atoms with Crippen molar-refractivity contribution in [1.29, 1.82) is 0 Å². The first-order valence-corrected chi connectivity index (χ1v) is 5.99. The molecular weight excluding hydrogens is 252 g/mol. The van der Waals surface area contributed by atoms with Crippen LogP contribution in [-0.2, 0) is 11.3 Å². The zero-order valence-corrected chi connectivity index (χ0v) is 11.0. The monoisotopic (exact) mass is 270 g/mol. The molecule has 0 saturated carbocycles. The largest absolute Gasteiger partial charge is 0.476 e. The molecule has 2 N–H and O–H groups in total. The fourth-order valence-electron chi connectivity index (χ4n) is 1.62. The Hall–Kier alpha value is -1.96. The number of carbonyl (C=O) groups is 2. The van der Waals surface area contributed by atoms with Gasteiger partial charge in [-0.05, 0) is 20.3 Å². The van der Waals surface area contributed by atoms with Gasteiger partial charge in [-0.15, -0.1) is 5.10 Å². The molecule has 1 aromatic rings. The van der Waals surface area contributed by atoms with Crippen molar-refractivity contribution in [2.45, 2.75) is 32.9 Å². The van der Waals surface area contributed by atoms with Crippen molar-refractivity contribution in [2.24, 2.45) is 0 Å². The van der Waals surface area contributed by atoms with Gasteiger partial charge < -0.3 is 15.1 Å². The maximum absolute atomic E-state index is 12.0. The Morgan fingerprint density at radius 2 is 2.16 bits per heavy atom. The van der Waals surface area contributed by atoms with E-state index in [-0.39, 0.29) is 30.8 Å². The van der Waals surface area contributed by atoms with E-state index >= 15 is 0 Å². The van der Waals surface area contributed by atoms with Crippen LogP contribution in [0, 0.1) is 0 Å². The van der Waals surface area contributed by atoms with Gasteiger partial charge >= 0.3 is 5.97 Å². The molecule has 0 bridgehead atoms. The summed E-state index contributed by atoms with van der Waals surface area (Å²) in [4.78, 5) is 24.3. The normalized spacial score (nSPS) is 10.7. The molecule has 0 radical (unpaired) electrons. The van der Waals surface area contributed by atoms with E-state index in [9.17, 15) is 9.59 Å². The maximum atomic E-state index is 12.0. The number of aromatic carboxylic acids is 1. The van der Waals surface area contributed by atoms with Crippen molar-refractivity contribution in [3.8, 4) is 0 Å². The molecule has 1 amide bonds. The third-order valence-corrected chi connectivity index (χ3v) is 2.56. The van der Waals surface area contributed by atoms with Gasteiger partial charge in [-0.1, -0.05) is 5.21 Å². The molecule has 0 saturated heterocycles. The lowest BCUT2D eigenvalue weighted by molar-refractivity contribution is -0.133. The lowest BCUT2D eigenvalue weighted by Gasteiger charge is -2.26. The van der Waals surface area contributed by atoms with Crippen LogP contribution in [0.25, 0.3) is 0 Å². The second-order valence-corrected chi connectivity index (χ2v) is 4.36. The second-order valence-electron chi connectivity index (χ2n) is 4.36. The first-order valence-electron chi connectivity index (χ1n) is 5.99. The van der Waals surface area contributed by atoms with Crippen LogP contribution >= 0.6 is 0 Å². The summed E-state index contributed by atoms with van der Waals surface area (Å²) in [6.45, 7) is 4.15. The molecule has 1 rings (SSSR count). The minimum atomic E-state index is -1.18. The summed E-state index contributed by atoms with van der Waals surface area (Å²) in [6.07, 6.45) is 1.71. The highest BCUT2D eigenvalue weighted by Gasteiger charge is 2.18. The number of aliphatic hydroxyl groups excluding tert-OH is 1. The maximum Gasteiger partial charge on any atom is 0.358 e. The molecule has 0 aliphatic carbocycles. The predicted octanol–water partition coefficient (Wildman–Crippen LogP) is -0.404. The van der Waals surface area contributed by atoms with Gasteiger partial charge in [0.15, 0.2) is 5.69 Å². The molecule has 8 nitrogen and oxygen atoms in total. The summed E-state index contributed by atoms with van der Waals surface area (Å²) >= 11 is 0. The molecule has 106 valence electrons. The number of carboxylic acid groups (broad SMARTS) is 1. The Morgan fingerprint density at radius 1 is 1.47 bits per heavy atom. The lowest BCUT2D eigenvalue weighted by atomic mass is 10.2. The molecule has 0 aromatic carbocycles. The third-order valence-electron chi connectivity index (χ3n) is 2.56. The average molecular weight is 270 g/mol. The van der Waals surface area contributed by atoms with Crippen LogP contribution in [0.3, 0.4) is 0 Å². The molecule has 0 fully saturated rings. The van der Waals surface area contributed by atoms with E-state index in [1.54, 1.807) is 4.90 Å². The smallest absolute Gasteiger partial charge is 0.358 e. The number of hydrogen-bond donors (Lipinski definition) is 2. The van der Waals surface area contributed by atoms with Crippen molar-refractivity contribution in [3.05, 3.63) is 11.9 Å². The van der Waals surface area contributed by atoms with E-state index in [2.05, 4.69) is 10.3 Å². The van der Waals surface area contributed by atoms with Crippen molar-refractivity contribution >= 4 is 11.9 Å². The standard InChI is InChI=1S/C11H18N4O4/c1-8(2)15(4-3-5-16)10(17)7-14-6-9(11(18)19)12-13-14/h6,8,16H,3-5,7H2,1-2H3,(H,18,19). The van der Waals surface area contributed by atoms with Crippen LogP contribution in [0.2, 0.25) is 0 Å². The number of amides is 1. The van der Waals surface area contributed by atoms with Crippen LogP contribution in [0.5, 0.6) is 0 Å². The minimum absolute atomic E-state index is 0.00140. The van der Waals surface area contributed by atoms with Crippen LogP contribution < -0.4 is 0 Å². The van der Waals surface area contributed by atoms with Crippen LogP contribution in [0.15, 0.2) is 6.20 Å². The zero-order chi connectivity index (χ0) is 14.4. The van der Waals surface area contributed by atoms with Gasteiger partial charge in [0.25, 0.3) is 0 Å². The highest BCUT2D eigenvalue weighted by Crippen LogP contribution is 2.03. The summed E-state index contributed by atoms with van der Waals surface area (Å²) in [7, 11) is 0. The Balaban J connectivity index is 2.67. The molecule has 0 aliphatic rings. The number of aliphatic hydroxyl groups is 1. The SMILES string of the molecule is CC(C)N(CCCO)C(=O)Cn1cc(C(=O)O)nn1. The molecular formula is C11H18N4O4. The first-order chi connectivity index (χ1) is 8.95. The number of rotatable bonds is 7. The van der Waals surface area contributed by atoms with Crippen LogP contribution in [-0.4, -0.2) is 61.2 Å². The highest BCUT2D eigenvalue weighted by atomic mass is 16.4. The predicted molar refractivity (Wildman–Crippen MR) is 65.5 cm³/mol. The number of aromatic nitrogens is 3. The third kappa shape index (κ3) is 4.32. The molecule has 0 spiro atoms. The van der Waals surface area contributed by atoms with E-state index in [1.165, 1.54) is 10.9 Å². The van der Waals surface area contributed by atoms with E-state index in [1.807, 2.05) is 13.8 Å². The molecule has 8 heteroatoms. The Labute approximate surface area is 110 Å². The molecule has 0 unspecified atom stereocenters. The zero-order valence-electron chi connectivity index (χ0n) is 11.0. The summed E-state index contributed by atoms with van der Waals surface area (Å²) in [5.41, 5.74) is -0.195. The summed E-state index contributed by atoms with van der Waals surface area (Å²) < 4.78 is 1.19. The van der Waals surface area contributed by atoms with E-state index in [4.69, 9.17) is 10.2 Å². The van der Waals surface area contributed by atoms with Crippen LogP contribution in [0.4, 0.5) is 0 Å². The Bertz CT molecular complexity index is 444. The summed E-state index contributed by atoms with van der Waals surface area (Å²) in [6, 6.07) is 0.00140.